The van der Waals surface area contributed by atoms with Crippen LogP contribution in [-0.4, -0.2) is 26.2 Å². The Labute approximate surface area is 133 Å². The fraction of sp³-hybridized carbons (Fsp3) is 0.357. The zero-order valence-electron chi connectivity index (χ0n) is 12.1. The maximum Gasteiger partial charge on any atom is 0.324 e. The Bertz CT molecular complexity index is 935. The van der Waals surface area contributed by atoms with Crippen molar-refractivity contribution in [3.8, 4) is 0 Å². The predicted molar refractivity (Wildman–Crippen MR) is 83.7 cm³/mol. The fourth-order valence-electron chi connectivity index (χ4n) is 3.47. The first-order valence-corrected chi connectivity index (χ1v) is 7.97. The molecule has 2 aromatic rings. The fourth-order valence-corrected chi connectivity index (χ4v) is 4.24. The highest BCUT2D eigenvalue weighted by atomic mass is 32.1. The van der Waals surface area contributed by atoms with Crippen LogP contribution in [-0.2, 0) is 11.8 Å². The third-order valence-electron chi connectivity index (χ3n) is 4.44. The topological polar surface area (TPSA) is 110 Å². The number of aryl methyl sites for hydroxylation is 1. The molecular weight excluding hydrogens is 320 g/mol. The van der Waals surface area contributed by atoms with Crippen molar-refractivity contribution in [2.24, 2.45) is 18.0 Å². The van der Waals surface area contributed by atoms with Gasteiger partial charge in [-0.15, -0.1) is 0 Å². The van der Waals surface area contributed by atoms with E-state index in [1.54, 1.807) is 12.4 Å². The summed E-state index contributed by atoms with van der Waals surface area (Å²) in [4.78, 5) is 39.6. The average molecular weight is 332 g/mol. The van der Waals surface area contributed by atoms with E-state index >= 15 is 0 Å². The number of nitrogens with zero attached hydrogens (tertiary/aromatic N) is 3. The van der Waals surface area contributed by atoms with Gasteiger partial charge in [0.25, 0.3) is 5.56 Å². The van der Waals surface area contributed by atoms with E-state index in [1.165, 1.54) is 10.7 Å². The first-order chi connectivity index (χ1) is 11.0. The van der Waals surface area contributed by atoms with Gasteiger partial charge in [0.1, 0.15) is 5.78 Å². The molecule has 3 heterocycles. The number of aliphatic imine (C=N–C) groups is 1. The normalized spacial score (nSPS) is 22.7. The van der Waals surface area contributed by atoms with Crippen molar-refractivity contribution in [3.63, 3.8) is 0 Å². The standard InChI is InChI=1S/C14H12N4O4S/c1-17-13-12(14(20)16-17)10(6-4-9(18(21)22)23-5-6)11-7(15-13)2-3-8(11)19/h4-5,10-11H,2-3H2,1H3,(H,16,20). The van der Waals surface area contributed by atoms with Crippen LogP contribution in [0.15, 0.2) is 21.2 Å². The van der Waals surface area contributed by atoms with E-state index in [0.29, 0.717) is 29.8 Å². The van der Waals surface area contributed by atoms with Gasteiger partial charge < -0.3 is 0 Å². The minimum Gasteiger partial charge on any atom is -0.299 e. The Balaban J connectivity index is 1.95. The summed E-state index contributed by atoms with van der Waals surface area (Å²) >= 11 is 1.00. The molecule has 1 N–H and O–H groups in total. The van der Waals surface area contributed by atoms with Crippen LogP contribution < -0.4 is 5.56 Å². The molecule has 2 aliphatic rings. The highest BCUT2D eigenvalue weighted by Crippen LogP contribution is 2.46. The van der Waals surface area contributed by atoms with Crippen LogP contribution in [0.3, 0.4) is 0 Å². The second kappa shape index (κ2) is 4.72. The lowest BCUT2D eigenvalue weighted by molar-refractivity contribution is -0.380. The molecule has 1 saturated carbocycles. The summed E-state index contributed by atoms with van der Waals surface area (Å²) in [6.07, 6.45) is 0.975. The Hall–Kier alpha value is -2.55. The molecule has 0 saturated heterocycles. The Morgan fingerprint density at radius 2 is 2.17 bits per heavy atom. The molecule has 0 aromatic carbocycles. The van der Waals surface area contributed by atoms with Gasteiger partial charge in [-0.3, -0.25) is 29.5 Å². The molecule has 0 radical (unpaired) electrons. The number of fused-ring (bicyclic) bond motifs is 2. The van der Waals surface area contributed by atoms with Crippen molar-refractivity contribution in [3.05, 3.63) is 43.0 Å². The summed E-state index contributed by atoms with van der Waals surface area (Å²) in [6.45, 7) is 0. The third-order valence-corrected chi connectivity index (χ3v) is 5.34. The van der Waals surface area contributed by atoms with Crippen LogP contribution in [0.5, 0.6) is 0 Å². The number of hydrogen-bond donors (Lipinski definition) is 1. The largest absolute Gasteiger partial charge is 0.324 e. The van der Waals surface area contributed by atoms with Gasteiger partial charge in [-0.1, -0.05) is 11.3 Å². The van der Waals surface area contributed by atoms with Crippen LogP contribution in [0, 0.1) is 16.0 Å². The number of nitrogens with one attached hydrogen (secondary N) is 1. The van der Waals surface area contributed by atoms with Crippen LogP contribution in [0.1, 0.15) is 29.9 Å². The van der Waals surface area contributed by atoms with Crippen molar-refractivity contribution in [1.29, 1.82) is 0 Å². The van der Waals surface area contributed by atoms with Crippen molar-refractivity contribution in [1.82, 2.24) is 9.78 Å². The molecule has 118 valence electrons. The molecular formula is C14H12N4O4S. The van der Waals surface area contributed by atoms with Crippen LogP contribution >= 0.6 is 11.3 Å². The minimum absolute atomic E-state index is 0.00316. The molecule has 2 unspecified atom stereocenters. The zero-order valence-corrected chi connectivity index (χ0v) is 12.9. The summed E-state index contributed by atoms with van der Waals surface area (Å²) in [5, 5.41) is 15.3. The first-order valence-electron chi connectivity index (χ1n) is 7.09. The van der Waals surface area contributed by atoms with Crippen molar-refractivity contribution in [2.45, 2.75) is 18.8 Å². The van der Waals surface area contributed by atoms with E-state index in [2.05, 4.69) is 10.1 Å². The number of Topliss-reactive ketones (excluding diaryl/α,β-unsaturated/α-hetero) is 1. The average Bonchev–Trinajstić information content (AvgIpc) is 3.18. The molecule has 0 bridgehead atoms. The van der Waals surface area contributed by atoms with E-state index in [9.17, 15) is 19.7 Å². The first kappa shape index (κ1) is 14.1. The summed E-state index contributed by atoms with van der Waals surface area (Å²) in [5.74, 6) is -0.436. The lowest BCUT2D eigenvalue weighted by Gasteiger charge is -2.25. The van der Waals surface area contributed by atoms with Gasteiger partial charge in [0.2, 0.25) is 0 Å². The number of rotatable bonds is 2. The molecule has 0 amide bonds. The maximum atomic E-state index is 12.3. The monoisotopic (exact) mass is 332 g/mol. The Kier molecular flexibility index (Phi) is 2.89. The van der Waals surface area contributed by atoms with Gasteiger partial charge in [0, 0.05) is 36.5 Å². The van der Waals surface area contributed by atoms with Gasteiger partial charge in [0.05, 0.1) is 16.4 Å². The second-order valence-corrected chi connectivity index (χ2v) is 6.63. The highest BCUT2D eigenvalue weighted by Gasteiger charge is 2.45. The van der Waals surface area contributed by atoms with E-state index in [-0.39, 0.29) is 16.3 Å². The number of ketones is 1. The molecule has 1 aliphatic carbocycles. The van der Waals surface area contributed by atoms with E-state index in [1.807, 2.05) is 0 Å². The third kappa shape index (κ3) is 1.93. The Morgan fingerprint density at radius 1 is 1.39 bits per heavy atom. The molecule has 0 spiro atoms. The summed E-state index contributed by atoms with van der Waals surface area (Å²) in [7, 11) is 1.69. The van der Waals surface area contributed by atoms with Crippen molar-refractivity contribution < 1.29 is 9.72 Å². The van der Waals surface area contributed by atoms with Crippen LogP contribution in [0.2, 0.25) is 0 Å². The van der Waals surface area contributed by atoms with Crippen molar-refractivity contribution >= 4 is 33.7 Å². The molecule has 1 fully saturated rings. The van der Waals surface area contributed by atoms with E-state index < -0.39 is 16.8 Å². The number of thiophene rings is 1. The van der Waals surface area contributed by atoms with Crippen molar-refractivity contribution in [2.75, 3.05) is 0 Å². The number of hydrogen-bond acceptors (Lipinski definition) is 6. The number of carbonyl (C=O) groups is 1. The molecule has 1 aliphatic heterocycles. The Morgan fingerprint density at radius 3 is 2.87 bits per heavy atom. The van der Waals surface area contributed by atoms with E-state index in [4.69, 9.17) is 0 Å². The molecule has 9 heteroatoms. The molecule has 2 atom stereocenters. The summed E-state index contributed by atoms with van der Waals surface area (Å²) in [6, 6.07) is 1.46. The molecule has 4 rings (SSSR count). The number of aromatic amines is 1. The zero-order chi connectivity index (χ0) is 16.3. The second-order valence-electron chi connectivity index (χ2n) is 5.74. The molecule has 23 heavy (non-hydrogen) atoms. The number of nitro groups is 1. The molecule has 8 nitrogen and oxygen atoms in total. The summed E-state index contributed by atoms with van der Waals surface area (Å²) in [5.41, 5.74) is 1.51. The van der Waals surface area contributed by atoms with Gasteiger partial charge >= 0.3 is 5.00 Å². The lowest BCUT2D eigenvalue weighted by Crippen LogP contribution is -2.29. The molecule has 2 aromatic heterocycles. The number of carbonyl (C=O) groups excluding carboxylic acids is 1. The van der Waals surface area contributed by atoms with E-state index in [0.717, 1.165) is 17.0 Å². The predicted octanol–water partition coefficient (Wildman–Crippen LogP) is 1.88. The van der Waals surface area contributed by atoms with Gasteiger partial charge in [-0.05, 0) is 12.0 Å². The number of aromatic nitrogens is 2. The van der Waals surface area contributed by atoms with Gasteiger partial charge in [-0.2, -0.15) is 0 Å². The lowest BCUT2D eigenvalue weighted by atomic mass is 9.78. The van der Waals surface area contributed by atoms with Crippen LogP contribution in [0.4, 0.5) is 10.8 Å². The van der Waals surface area contributed by atoms with Crippen LogP contribution in [0.25, 0.3) is 0 Å². The smallest absolute Gasteiger partial charge is 0.299 e. The maximum absolute atomic E-state index is 12.3. The minimum atomic E-state index is -0.498. The quantitative estimate of drug-likeness (QED) is 0.668. The highest BCUT2D eigenvalue weighted by molar-refractivity contribution is 7.13. The number of H-pyrrole nitrogens is 1. The van der Waals surface area contributed by atoms with Gasteiger partial charge in [0.15, 0.2) is 5.82 Å². The van der Waals surface area contributed by atoms with Gasteiger partial charge in [-0.25, -0.2) is 4.99 Å². The summed E-state index contributed by atoms with van der Waals surface area (Å²) < 4.78 is 1.54. The SMILES string of the molecule is Cn1[nH]c(=O)c2c1N=C1CCC(=O)C1C2c1csc([N+](=O)[O-])c1.